The third kappa shape index (κ3) is 2.78. The molecule has 0 amide bonds. The Morgan fingerprint density at radius 3 is 2.21 bits per heavy atom. The fourth-order valence-electron chi connectivity index (χ4n) is 2.41. The van der Waals surface area contributed by atoms with Gasteiger partial charge in [-0.25, -0.2) is 4.79 Å². The summed E-state index contributed by atoms with van der Waals surface area (Å²) in [6.07, 6.45) is 2.18. The van der Waals surface area contributed by atoms with Crippen LogP contribution in [0, 0.1) is 0 Å². The molecule has 4 nitrogen and oxygen atoms in total. The number of rotatable bonds is 6. The Labute approximate surface area is 112 Å². The van der Waals surface area contributed by atoms with Crippen LogP contribution < -0.4 is 5.69 Å². The van der Waals surface area contributed by atoms with E-state index in [-0.39, 0.29) is 11.5 Å². The van der Waals surface area contributed by atoms with Gasteiger partial charge in [0.1, 0.15) is 5.78 Å². The van der Waals surface area contributed by atoms with Crippen molar-refractivity contribution in [2.24, 2.45) is 0 Å². The maximum Gasteiger partial charge on any atom is 0.329 e. The van der Waals surface area contributed by atoms with Crippen molar-refractivity contribution in [2.45, 2.75) is 46.2 Å². The number of nitrogens with zero attached hydrogens (tertiary/aromatic N) is 2. The minimum Gasteiger partial charge on any atom is -0.300 e. The molecule has 1 aromatic heterocycles. The van der Waals surface area contributed by atoms with Crippen LogP contribution in [0.5, 0.6) is 0 Å². The quantitative estimate of drug-likeness (QED) is 0.801. The number of hydrogen-bond acceptors (Lipinski definition) is 2. The molecule has 2 aromatic rings. The summed E-state index contributed by atoms with van der Waals surface area (Å²) in [6.45, 7) is 4.99. The highest BCUT2D eigenvalue weighted by atomic mass is 16.1. The molecule has 0 saturated heterocycles. The van der Waals surface area contributed by atoms with Crippen molar-refractivity contribution in [1.29, 1.82) is 0 Å². The van der Waals surface area contributed by atoms with Crippen molar-refractivity contribution in [2.75, 3.05) is 0 Å². The average molecular weight is 260 g/mol. The third-order valence-corrected chi connectivity index (χ3v) is 3.28. The van der Waals surface area contributed by atoms with Crippen LogP contribution >= 0.6 is 0 Å². The number of para-hydroxylation sites is 2. The molecular formula is C15H20N2O2. The molecule has 0 bridgehead atoms. The Balaban J connectivity index is 2.39. The van der Waals surface area contributed by atoms with E-state index < -0.39 is 0 Å². The van der Waals surface area contributed by atoms with Crippen molar-refractivity contribution in [3.8, 4) is 0 Å². The summed E-state index contributed by atoms with van der Waals surface area (Å²) in [6, 6.07) is 7.85. The van der Waals surface area contributed by atoms with Gasteiger partial charge in [0.25, 0.3) is 0 Å². The smallest absolute Gasteiger partial charge is 0.300 e. The van der Waals surface area contributed by atoms with E-state index >= 15 is 0 Å². The van der Waals surface area contributed by atoms with Gasteiger partial charge in [0, 0.05) is 19.5 Å². The second kappa shape index (κ2) is 5.87. The number of aryl methyl sites for hydroxylation is 2. The summed E-state index contributed by atoms with van der Waals surface area (Å²) in [5, 5.41) is 0. The second-order valence-electron chi connectivity index (χ2n) is 4.88. The van der Waals surface area contributed by atoms with Gasteiger partial charge in [-0.3, -0.25) is 9.13 Å². The van der Waals surface area contributed by atoms with Gasteiger partial charge in [0.05, 0.1) is 11.0 Å². The highest BCUT2D eigenvalue weighted by Gasteiger charge is 2.11. The molecule has 0 N–H and O–H groups in total. The molecule has 0 radical (unpaired) electrons. The van der Waals surface area contributed by atoms with E-state index in [0.29, 0.717) is 13.0 Å². The number of imidazole rings is 1. The van der Waals surface area contributed by atoms with E-state index in [1.807, 2.05) is 28.8 Å². The maximum absolute atomic E-state index is 12.4. The molecule has 0 unspecified atom stereocenters. The molecule has 0 fully saturated rings. The maximum atomic E-state index is 12.4. The molecule has 0 saturated carbocycles. The Bertz CT molecular complexity index is 637. The van der Waals surface area contributed by atoms with E-state index in [1.54, 1.807) is 11.5 Å². The predicted octanol–water partition coefficient (Wildman–Crippen LogP) is 2.58. The zero-order valence-electron chi connectivity index (χ0n) is 11.6. The standard InChI is InChI=1S/C15H20N2O2/c1-3-10-16-13-8-4-5-9-14(13)17(15(16)19)11-6-7-12(2)18/h4-5,8-9H,3,6-7,10-11H2,1-2H3. The van der Waals surface area contributed by atoms with Crippen LogP contribution in [0.3, 0.4) is 0 Å². The van der Waals surface area contributed by atoms with Crippen LogP contribution in [0.15, 0.2) is 29.1 Å². The monoisotopic (exact) mass is 260 g/mol. The molecule has 0 spiro atoms. The Morgan fingerprint density at radius 2 is 1.68 bits per heavy atom. The number of aromatic nitrogens is 2. The number of fused-ring (bicyclic) bond motifs is 1. The molecule has 0 aliphatic carbocycles. The number of carbonyl (C=O) groups excluding carboxylic acids is 1. The first-order chi connectivity index (χ1) is 9.15. The Kier molecular flexibility index (Phi) is 4.20. The first-order valence-corrected chi connectivity index (χ1v) is 6.82. The summed E-state index contributed by atoms with van der Waals surface area (Å²) in [7, 11) is 0. The fraction of sp³-hybridized carbons (Fsp3) is 0.467. The summed E-state index contributed by atoms with van der Waals surface area (Å²) in [4.78, 5) is 23.4. The van der Waals surface area contributed by atoms with Gasteiger partial charge in [0.15, 0.2) is 0 Å². The first-order valence-electron chi connectivity index (χ1n) is 6.82. The van der Waals surface area contributed by atoms with Crippen LogP contribution in [0.1, 0.15) is 33.1 Å². The molecule has 0 atom stereocenters. The van der Waals surface area contributed by atoms with Crippen LogP contribution in [0.4, 0.5) is 0 Å². The van der Waals surface area contributed by atoms with Crippen molar-refractivity contribution in [1.82, 2.24) is 9.13 Å². The summed E-state index contributed by atoms with van der Waals surface area (Å²) < 4.78 is 3.61. The molecule has 0 aliphatic heterocycles. The Morgan fingerprint density at radius 1 is 1.11 bits per heavy atom. The largest absolute Gasteiger partial charge is 0.329 e. The van der Waals surface area contributed by atoms with Gasteiger partial charge in [-0.15, -0.1) is 0 Å². The zero-order chi connectivity index (χ0) is 13.8. The topological polar surface area (TPSA) is 44.0 Å². The number of ketones is 1. The lowest BCUT2D eigenvalue weighted by Gasteiger charge is -2.01. The zero-order valence-corrected chi connectivity index (χ0v) is 11.6. The van der Waals surface area contributed by atoms with E-state index in [9.17, 15) is 9.59 Å². The number of benzene rings is 1. The minimum atomic E-state index is 0.0339. The molecule has 102 valence electrons. The third-order valence-electron chi connectivity index (χ3n) is 3.28. The summed E-state index contributed by atoms with van der Waals surface area (Å²) in [5.41, 5.74) is 1.98. The molecule has 1 heterocycles. The fourth-order valence-corrected chi connectivity index (χ4v) is 2.41. The Hall–Kier alpha value is -1.84. The highest BCUT2D eigenvalue weighted by molar-refractivity contribution is 5.76. The van der Waals surface area contributed by atoms with Gasteiger partial charge in [-0.2, -0.15) is 0 Å². The SMILES string of the molecule is CCCn1c(=O)n(CCCC(C)=O)c2ccccc21. The predicted molar refractivity (Wildman–Crippen MR) is 76.4 cm³/mol. The van der Waals surface area contributed by atoms with Crippen molar-refractivity contribution < 1.29 is 4.79 Å². The average Bonchev–Trinajstić information content (AvgIpc) is 2.65. The van der Waals surface area contributed by atoms with E-state index in [0.717, 1.165) is 30.4 Å². The molecule has 19 heavy (non-hydrogen) atoms. The van der Waals surface area contributed by atoms with Crippen LogP contribution in [0.25, 0.3) is 11.0 Å². The van der Waals surface area contributed by atoms with Crippen molar-refractivity contribution >= 4 is 16.8 Å². The number of carbonyl (C=O) groups is 1. The second-order valence-corrected chi connectivity index (χ2v) is 4.88. The number of hydrogen-bond donors (Lipinski definition) is 0. The van der Waals surface area contributed by atoms with Gasteiger partial charge < -0.3 is 4.79 Å². The van der Waals surface area contributed by atoms with Crippen molar-refractivity contribution in [3.63, 3.8) is 0 Å². The highest BCUT2D eigenvalue weighted by Crippen LogP contribution is 2.13. The van der Waals surface area contributed by atoms with Gasteiger partial charge in [-0.05, 0) is 31.9 Å². The summed E-state index contributed by atoms with van der Waals surface area (Å²) >= 11 is 0. The molecule has 1 aromatic carbocycles. The molecule has 2 rings (SSSR count). The van der Waals surface area contributed by atoms with Gasteiger partial charge in [0.2, 0.25) is 0 Å². The van der Waals surface area contributed by atoms with E-state index in [4.69, 9.17) is 0 Å². The van der Waals surface area contributed by atoms with Gasteiger partial charge in [-0.1, -0.05) is 19.1 Å². The lowest BCUT2D eigenvalue weighted by atomic mass is 10.2. The van der Waals surface area contributed by atoms with Gasteiger partial charge >= 0.3 is 5.69 Å². The lowest BCUT2D eigenvalue weighted by Crippen LogP contribution is -2.24. The van der Waals surface area contributed by atoms with E-state index in [1.165, 1.54) is 0 Å². The van der Waals surface area contributed by atoms with Crippen LogP contribution in [-0.4, -0.2) is 14.9 Å². The first kappa shape index (κ1) is 13.6. The summed E-state index contributed by atoms with van der Waals surface area (Å²) in [5.74, 6) is 0.172. The lowest BCUT2D eigenvalue weighted by molar-refractivity contribution is -0.117. The normalized spacial score (nSPS) is 11.1. The number of Topliss-reactive ketones (excluding diaryl/α,β-unsaturated/α-hetero) is 1. The van der Waals surface area contributed by atoms with Crippen LogP contribution in [0.2, 0.25) is 0 Å². The van der Waals surface area contributed by atoms with Crippen LogP contribution in [-0.2, 0) is 17.9 Å². The van der Waals surface area contributed by atoms with E-state index in [2.05, 4.69) is 6.92 Å². The molecular weight excluding hydrogens is 240 g/mol. The molecule has 0 aliphatic rings. The van der Waals surface area contributed by atoms with Crippen molar-refractivity contribution in [3.05, 3.63) is 34.7 Å². The minimum absolute atomic E-state index is 0.0339. The molecule has 4 heteroatoms.